The van der Waals surface area contributed by atoms with Crippen molar-refractivity contribution in [2.75, 3.05) is 4.90 Å². The highest BCUT2D eigenvalue weighted by atomic mass is 79.9. The Labute approximate surface area is 181 Å². The number of hydrogen-bond donors (Lipinski definition) is 1. The number of nitrogens with one attached hydrogen (secondary N) is 1. The highest BCUT2D eigenvalue weighted by Crippen LogP contribution is 2.65. The Morgan fingerprint density at radius 2 is 1.90 bits per heavy atom. The number of carbonyl (C=O) groups is 3. The number of fused-ring (bicyclic) bond motifs is 1. The van der Waals surface area contributed by atoms with Crippen LogP contribution in [0.2, 0.25) is 0 Å². The maximum absolute atomic E-state index is 13.8. The molecule has 4 bridgehead atoms. The number of alkyl halides is 1. The van der Waals surface area contributed by atoms with Crippen molar-refractivity contribution in [2.24, 2.45) is 28.3 Å². The predicted octanol–water partition coefficient (Wildman–Crippen LogP) is 2.95. The lowest BCUT2D eigenvalue weighted by Gasteiger charge is -2.59. The lowest BCUT2D eigenvalue weighted by atomic mass is 9.48. The molecule has 2 unspecified atom stereocenters. The smallest absolute Gasteiger partial charge is 0.259 e. The third kappa shape index (κ3) is 2.46. The van der Waals surface area contributed by atoms with E-state index in [1.165, 1.54) is 24.6 Å². The lowest BCUT2D eigenvalue weighted by molar-refractivity contribution is -0.135. The molecule has 2 amide bonds. The van der Waals surface area contributed by atoms with Crippen LogP contribution in [-0.4, -0.2) is 33.7 Å². The fourth-order valence-corrected chi connectivity index (χ4v) is 8.49. The number of hydrazone groups is 1. The molecule has 156 valence electrons. The van der Waals surface area contributed by atoms with Gasteiger partial charge in [0.2, 0.25) is 5.91 Å². The van der Waals surface area contributed by atoms with E-state index in [1.54, 1.807) is 0 Å². The Kier molecular flexibility index (Phi) is 3.73. The number of hydrogen-bond acceptors (Lipinski definition) is 5. The van der Waals surface area contributed by atoms with E-state index in [0.717, 1.165) is 43.1 Å². The molecule has 4 saturated carbocycles. The first-order valence-corrected chi connectivity index (χ1v) is 11.3. The van der Waals surface area contributed by atoms with Crippen LogP contribution in [0, 0.1) is 29.0 Å². The summed E-state index contributed by atoms with van der Waals surface area (Å²) in [6.45, 7) is 0. The Morgan fingerprint density at radius 3 is 2.57 bits per heavy atom. The molecule has 0 aromatic heterocycles. The van der Waals surface area contributed by atoms with Crippen LogP contribution in [-0.2, 0) is 14.4 Å². The van der Waals surface area contributed by atoms with Crippen LogP contribution < -0.4 is 10.3 Å². The number of halogens is 2. The number of nitrogens with zero attached hydrogens (tertiary/aromatic N) is 2. The molecular weight excluding hydrogens is 453 g/mol. The van der Waals surface area contributed by atoms with Crippen molar-refractivity contribution in [3.63, 3.8) is 0 Å². The van der Waals surface area contributed by atoms with E-state index in [0.29, 0.717) is 11.8 Å². The van der Waals surface area contributed by atoms with Crippen molar-refractivity contribution >= 4 is 44.9 Å². The molecule has 7 rings (SSSR count). The zero-order valence-corrected chi connectivity index (χ0v) is 17.8. The largest absolute Gasteiger partial charge is 0.296 e. The number of rotatable bonds is 3. The van der Waals surface area contributed by atoms with Gasteiger partial charge < -0.3 is 0 Å². The van der Waals surface area contributed by atoms with Crippen molar-refractivity contribution in [3.05, 3.63) is 30.1 Å². The van der Waals surface area contributed by atoms with Gasteiger partial charge in [0.25, 0.3) is 5.91 Å². The van der Waals surface area contributed by atoms with Gasteiger partial charge in [-0.15, -0.1) is 0 Å². The van der Waals surface area contributed by atoms with Crippen molar-refractivity contribution < 1.29 is 18.8 Å². The monoisotopic (exact) mass is 473 g/mol. The Morgan fingerprint density at radius 1 is 1.17 bits per heavy atom. The minimum absolute atomic E-state index is 0.00183. The standard InChI is InChI=1S/C22H21BrFN3O3/c23-22-8-11-4-12(9-22)7-21(6-11,10-22)18(28)16-15-17(26-25-16)20(30)27(19(15)29)14-3-1-2-13(24)5-14/h1-3,5,11-12,15,17,26H,4,6-10H2/t11-,12+,15-,17+,21?,22?/m1/s1. The van der Waals surface area contributed by atoms with Gasteiger partial charge in [-0.2, -0.15) is 5.10 Å². The second-order valence-corrected chi connectivity index (χ2v) is 11.5. The number of amides is 2. The van der Waals surface area contributed by atoms with E-state index in [-0.39, 0.29) is 21.5 Å². The molecule has 2 aliphatic heterocycles. The average molecular weight is 474 g/mol. The Hall–Kier alpha value is -2.09. The van der Waals surface area contributed by atoms with Crippen LogP contribution in [0.4, 0.5) is 10.1 Å². The predicted molar refractivity (Wildman–Crippen MR) is 111 cm³/mol. The topological polar surface area (TPSA) is 78.8 Å². The fourth-order valence-electron chi connectivity index (χ4n) is 7.03. The molecule has 1 N–H and O–H groups in total. The van der Waals surface area contributed by atoms with Crippen LogP contribution >= 0.6 is 15.9 Å². The van der Waals surface area contributed by atoms with E-state index >= 15 is 0 Å². The maximum Gasteiger partial charge on any atom is 0.259 e. The summed E-state index contributed by atoms with van der Waals surface area (Å²) in [6.07, 6.45) is 5.80. The molecule has 6 aliphatic rings. The van der Waals surface area contributed by atoms with E-state index in [9.17, 15) is 18.8 Å². The number of imide groups is 1. The molecule has 1 saturated heterocycles. The zero-order chi connectivity index (χ0) is 20.8. The molecule has 6 nitrogen and oxygen atoms in total. The van der Waals surface area contributed by atoms with E-state index < -0.39 is 35.0 Å². The zero-order valence-electron chi connectivity index (χ0n) is 16.2. The molecule has 0 spiro atoms. The second kappa shape index (κ2) is 5.99. The number of benzene rings is 1. The van der Waals surface area contributed by atoms with Crippen LogP contribution in [0.5, 0.6) is 0 Å². The minimum atomic E-state index is -0.937. The first-order chi connectivity index (χ1) is 14.3. The van der Waals surface area contributed by atoms with Gasteiger partial charge >= 0.3 is 0 Å². The van der Waals surface area contributed by atoms with Crippen LogP contribution in [0.3, 0.4) is 0 Å². The van der Waals surface area contributed by atoms with Gasteiger partial charge in [-0.1, -0.05) is 22.0 Å². The van der Waals surface area contributed by atoms with E-state index in [4.69, 9.17) is 0 Å². The van der Waals surface area contributed by atoms with Gasteiger partial charge in [0.15, 0.2) is 5.78 Å². The minimum Gasteiger partial charge on any atom is -0.296 e. The molecule has 6 atom stereocenters. The Bertz CT molecular complexity index is 1030. The number of anilines is 1. The van der Waals surface area contributed by atoms with Crippen LogP contribution in [0.25, 0.3) is 0 Å². The average Bonchev–Trinajstić information content (AvgIpc) is 3.19. The molecule has 1 aromatic carbocycles. The summed E-state index contributed by atoms with van der Waals surface area (Å²) in [4.78, 5) is 40.9. The number of carbonyl (C=O) groups excluding carboxylic acids is 3. The van der Waals surface area contributed by atoms with E-state index in [1.807, 2.05) is 0 Å². The van der Waals surface area contributed by atoms with Gasteiger partial charge in [-0.05, 0) is 68.6 Å². The van der Waals surface area contributed by atoms with Gasteiger partial charge in [0, 0.05) is 9.74 Å². The van der Waals surface area contributed by atoms with Crippen molar-refractivity contribution in [2.45, 2.75) is 48.9 Å². The normalized spacial score (nSPS) is 41.1. The first-order valence-electron chi connectivity index (χ1n) is 10.5. The molecule has 30 heavy (non-hydrogen) atoms. The summed E-state index contributed by atoms with van der Waals surface area (Å²) in [6, 6.07) is 4.49. The molecule has 1 aromatic rings. The molecule has 0 radical (unpaired) electrons. The summed E-state index contributed by atoms with van der Waals surface area (Å²) in [5.41, 5.74) is 2.59. The van der Waals surface area contributed by atoms with Gasteiger partial charge in [0.1, 0.15) is 23.5 Å². The maximum atomic E-state index is 13.8. The molecule has 5 fully saturated rings. The second-order valence-electron chi connectivity index (χ2n) is 9.79. The fraction of sp³-hybridized carbons (Fsp3) is 0.545. The highest BCUT2D eigenvalue weighted by molar-refractivity contribution is 9.10. The van der Waals surface area contributed by atoms with Crippen LogP contribution in [0.1, 0.15) is 38.5 Å². The summed E-state index contributed by atoms with van der Waals surface area (Å²) >= 11 is 3.92. The van der Waals surface area contributed by atoms with Gasteiger partial charge in [-0.3, -0.25) is 19.8 Å². The van der Waals surface area contributed by atoms with Crippen molar-refractivity contribution in [1.82, 2.24) is 5.43 Å². The molecule has 4 aliphatic carbocycles. The Balaban J connectivity index is 1.33. The summed E-state index contributed by atoms with van der Waals surface area (Å²) < 4.78 is 13.7. The number of Topliss-reactive ketones (excluding diaryl/α,β-unsaturated/α-hetero) is 1. The summed E-state index contributed by atoms with van der Waals surface area (Å²) in [5.74, 6) is -1.51. The third-order valence-electron chi connectivity index (χ3n) is 7.70. The van der Waals surface area contributed by atoms with Gasteiger partial charge in [0.05, 0.1) is 5.69 Å². The number of ketones is 1. The lowest BCUT2D eigenvalue weighted by Crippen LogP contribution is -2.57. The SMILES string of the molecule is O=C1[C@@H]2C(C(=O)C34C[C@@H]5C[C@@H](CC(Br)(C5)C3)C4)=NN[C@@H]2C(=O)N1c1cccc(F)c1. The van der Waals surface area contributed by atoms with Crippen molar-refractivity contribution in [3.8, 4) is 0 Å². The highest BCUT2D eigenvalue weighted by Gasteiger charge is 2.63. The summed E-state index contributed by atoms with van der Waals surface area (Å²) in [7, 11) is 0. The molecule has 2 heterocycles. The van der Waals surface area contributed by atoms with E-state index in [2.05, 4.69) is 26.5 Å². The quantitative estimate of drug-likeness (QED) is 0.540. The van der Waals surface area contributed by atoms with Crippen LogP contribution in [0.15, 0.2) is 29.4 Å². The van der Waals surface area contributed by atoms with Gasteiger partial charge in [-0.25, -0.2) is 9.29 Å². The summed E-state index contributed by atoms with van der Waals surface area (Å²) in [5, 5.41) is 4.21. The third-order valence-corrected chi connectivity index (χ3v) is 8.62. The molecular formula is C22H21BrFN3O3. The first kappa shape index (κ1) is 18.7. The van der Waals surface area contributed by atoms with Crippen molar-refractivity contribution in [1.29, 1.82) is 0 Å². The molecule has 8 heteroatoms.